The standard InChI is InChI=1S/C16H24N2O2/c1-16(10-4-5-11-17-16)15(19)18(2)12-13-6-8-14(20-3)9-7-13/h6-9,17H,4-5,10-12H2,1-3H3. The van der Waals surface area contributed by atoms with Gasteiger partial charge in [-0.25, -0.2) is 0 Å². The predicted octanol–water partition coefficient (Wildman–Crippen LogP) is 2.19. The Hall–Kier alpha value is -1.55. The van der Waals surface area contributed by atoms with Gasteiger partial charge in [0, 0.05) is 13.6 Å². The molecule has 1 aromatic carbocycles. The minimum Gasteiger partial charge on any atom is -0.497 e. The normalized spacial score (nSPS) is 22.4. The van der Waals surface area contributed by atoms with Gasteiger partial charge in [-0.3, -0.25) is 4.79 Å². The summed E-state index contributed by atoms with van der Waals surface area (Å²) in [6.45, 7) is 3.57. The second-order valence-electron chi connectivity index (χ2n) is 5.73. The molecule has 0 radical (unpaired) electrons. The minimum absolute atomic E-state index is 0.174. The number of hydrogen-bond acceptors (Lipinski definition) is 3. The second kappa shape index (κ2) is 6.27. The first-order valence-corrected chi connectivity index (χ1v) is 7.19. The van der Waals surface area contributed by atoms with E-state index in [-0.39, 0.29) is 5.91 Å². The van der Waals surface area contributed by atoms with E-state index in [0.29, 0.717) is 6.54 Å². The molecule has 4 nitrogen and oxygen atoms in total. The number of amides is 1. The van der Waals surface area contributed by atoms with Crippen molar-refractivity contribution in [1.29, 1.82) is 0 Å². The highest BCUT2D eigenvalue weighted by Crippen LogP contribution is 2.22. The van der Waals surface area contributed by atoms with Crippen LogP contribution in [0.15, 0.2) is 24.3 Å². The van der Waals surface area contributed by atoms with Crippen LogP contribution in [-0.2, 0) is 11.3 Å². The molecule has 1 heterocycles. The molecule has 2 rings (SSSR count). The molecule has 0 saturated carbocycles. The Bertz CT molecular complexity index is 450. The number of benzene rings is 1. The van der Waals surface area contributed by atoms with Gasteiger partial charge in [-0.05, 0) is 50.4 Å². The first-order chi connectivity index (χ1) is 9.55. The molecule has 20 heavy (non-hydrogen) atoms. The van der Waals surface area contributed by atoms with Crippen LogP contribution in [0.3, 0.4) is 0 Å². The molecule has 0 spiro atoms. The number of carbonyl (C=O) groups excluding carboxylic acids is 1. The maximum Gasteiger partial charge on any atom is 0.242 e. The van der Waals surface area contributed by atoms with E-state index in [1.165, 1.54) is 0 Å². The van der Waals surface area contributed by atoms with E-state index in [1.54, 1.807) is 12.0 Å². The summed E-state index contributed by atoms with van der Waals surface area (Å²) in [5.74, 6) is 1.01. The smallest absolute Gasteiger partial charge is 0.242 e. The van der Waals surface area contributed by atoms with Gasteiger partial charge in [-0.15, -0.1) is 0 Å². The zero-order chi connectivity index (χ0) is 14.6. The van der Waals surface area contributed by atoms with Crippen molar-refractivity contribution in [2.24, 2.45) is 0 Å². The van der Waals surface area contributed by atoms with E-state index in [4.69, 9.17) is 4.74 Å². The minimum atomic E-state index is -0.403. The Labute approximate surface area is 121 Å². The van der Waals surface area contributed by atoms with Crippen LogP contribution in [0, 0.1) is 0 Å². The molecule has 4 heteroatoms. The Morgan fingerprint density at radius 3 is 2.60 bits per heavy atom. The quantitative estimate of drug-likeness (QED) is 0.916. The number of hydrogen-bond donors (Lipinski definition) is 1. The summed E-state index contributed by atoms with van der Waals surface area (Å²) in [4.78, 5) is 14.4. The van der Waals surface area contributed by atoms with Crippen molar-refractivity contribution in [3.05, 3.63) is 29.8 Å². The number of ether oxygens (including phenoxy) is 1. The molecule has 0 aromatic heterocycles. The molecule has 1 aliphatic heterocycles. The van der Waals surface area contributed by atoms with Crippen molar-refractivity contribution in [3.8, 4) is 5.75 Å². The topological polar surface area (TPSA) is 41.6 Å². The van der Waals surface area contributed by atoms with Crippen LogP contribution in [0.2, 0.25) is 0 Å². The first-order valence-electron chi connectivity index (χ1n) is 7.19. The third-order valence-electron chi connectivity index (χ3n) is 4.02. The molecule has 1 saturated heterocycles. The highest BCUT2D eigenvalue weighted by Gasteiger charge is 2.36. The number of rotatable bonds is 4. The maximum absolute atomic E-state index is 12.6. The van der Waals surface area contributed by atoms with Crippen molar-refractivity contribution in [3.63, 3.8) is 0 Å². The van der Waals surface area contributed by atoms with Crippen LogP contribution in [0.1, 0.15) is 31.7 Å². The highest BCUT2D eigenvalue weighted by atomic mass is 16.5. The highest BCUT2D eigenvalue weighted by molar-refractivity contribution is 5.85. The molecule has 110 valence electrons. The number of methoxy groups -OCH3 is 1. The lowest BCUT2D eigenvalue weighted by Crippen LogP contribution is -2.57. The fourth-order valence-electron chi connectivity index (χ4n) is 2.74. The summed E-state index contributed by atoms with van der Waals surface area (Å²) in [5.41, 5.74) is 0.709. The lowest BCUT2D eigenvalue weighted by Gasteiger charge is -2.36. The number of carbonyl (C=O) groups is 1. The molecule has 0 aliphatic carbocycles. The molecule has 1 amide bonds. The molecule has 1 fully saturated rings. The van der Waals surface area contributed by atoms with E-state index < -0.39 is 5.54 Å². The number of likely N-dealkylation sites (N-methyl/N-ethyl adjacent to an activating group) is 1. The summed E-state index contributed by atoms with van der Waals surface area (Å²) >= 11 is 0. The van der Waals surface area contributed by atoms with Crippen LogP contribution in [0.5, 0.6) is 5.75 Å². The molecule has 0 bridgehead atoms. The van der Waals surface area contributed by atoms with Crippen molar-refractivity contribution in [2.45, 2.75) is 38.3 Å². The van der Waals surface area contributed by atoms with Crippen LogP contribution in [-0.4, -0.2) is 37.0 Å². The lowest BCUT2D eigenvalue weighted by atomic mass is 9.89. The van der Waals surface area contributed by atoms with Crippen LogP contribution in [0.25, 0.3) is 0 Å². The number of piperidine rings is 1. The zero-order valence-corrected chi connectivity index (χ0v) is 12.6. The third-order valence-corrected chi connectivity index (χ3v) is 4.02. The Morgan fingerprint density at radius 1 is 1.35 bits per heavy atom. The average molecular weight is 276 g/mol. The van der Waals surface area contributed by atoms with Crippen LogP contribution < -0.4 is 10.1 Å². The Morgan fingerprint density at radius 2 is 2.05 bits per heavy atom. The Kier molecular flexibility index (Phi) is 4.65. The zero-order valence-electron chi connectivity index (χ0n) is 12.6. The summed E-state index contributed by atoms with van der Waals surface area (Å²) < 4.78 is 5.14. The van der Waals surface area contributed by atoms with Gasteiger partial charge in [0.2, 0.25) is 5.91 Å². The van der Waals surface area contributed by atoms with Gasteiger partial charge in [-0.1, -0.05) is 12.1 Å². The molecule has 1 unspecified atom stereocenters. The van der Waals surface area contributed by atoms with Crippen molar-refractivity contribution < 1.29 is 9.53 Å². The SMILES string of the molecule is COc1ccc(CN(C)C(=O)C2(C)CCCCN2)cc1. The number of nitrogens with zero attached hydrogens (tertiary/aromatic N) is 1. The van der Waals surface area contributed by atoms with Gasteiger partial charge in [-0.2, -0.15) is 0 Å². The van der Waals surface area contributed by atoms with Crippen molar-refractivity contribution in [1.82, 2.24) is 10.2 Å². The molecule has 1 aliphatic rings. The fraction of sp³-hybridized carbons (Fsp3) is 0.562. The molecule has 1 N–H and O–H groups in total. The lowest BCUT2D eigenvalue weighted by molar-refractivity contribution is -0.137. The van der Waals surface area contributed by atoms with E-state index in [0.717, 1.165) is 37.1 Å². The van der Waals surface area contributed by atoms with Gasteiger partial charge < -0.3 is 15.0 Å². The summed E-state index contributed by atoms with van der Waals surface area (Å²) in [6.07, 6.45) is 3.19. The molecule has 1 atom stereocenters. The summed E-state index contributed by atoms with van der Waals surface area (Å²) in [6, 6.07) is 7.85. The maximum atomic E-state index is 12.6. The van der Waals surface area contributed by atoms with Crippen LogP contribution >= 0.6 is 0 Å². The van der Waals surface area contributed by atoms with E-state index in [9.17, 15) is 4.79 Å². The fourth-order valence-corrected chi connectivity index (χ4v) is 2.74. The molecular weight excluding hydrogens is 252 g/mol. The van der Waals surface area contributed by atoms with Crippen molar-refractivity contribution >= 4 is 5.91 Å². The third kappa shape index (κ3) is 3.31. The number of nitrogens with one attached hydrogen (secondary N) is 1. The largest absolute Gasteiger partial charge is 0.497 e. The Balaban J connectivity index is 1.99. The first kappa shape index (κ1) is 14.9. The van der Waals surface area contributed by atoms with E-state index in [1.807, 2.05) is 38.2 Å². The van der Waals surface area contributed by atoms with Gasteiger partial charge in [0.15, 0.2) is 0 Å². The second-order valence-corrected chi connectivity index (χ2v) is 5.73. The van der Waals surface area contributed by atoms with Gasteiger partial charge in [0.25, 0.3) is 0 Å². The monoisotopic (exact) mass is 276 g/mol. The predicted molar refractivity (Wildman–Crippen MR) is 79.7 cm³/mol. The average Bonchev–Trinajstić information content (AvgIpc) is 2.48. The summed E-state index contributed by atoms with van der Waals surface area (Å²) in [7, 11) is 3.52. The van der Waals surface area contributed by atoms with Crippen LogP contribution in [0.4, 0.5) is 0 Å². The van der Waals surface area contributed by atoms with Gasteiger partial charge in [0.1, 0.15) is 5.75 Å². The van der Waals surface area contributed by atoms with E-state index >= 15 is 0 Å². The molecule has 1 aromatic rings. The van der Waals surface area contributed by atoms with Gasteiger partial charge in [0.05, 0.1) is 12.6 Å². The van der Waals surface area contributed by atoms with E-state index in [2.05, 4.69) is 5.32 Å². The molecular formula is C16H24N2O2. The van der Waals surface area contributed by atoms with Crippen molar-refractivity contribution in [2.75, 3.05) is 20.7 Å². The van der Waals surface area contributed by atoms with Gasteiger partial charge >= 0.3 is 0 Å². The summed E-state index contributed by atoms with van der Waals surface area (Å²) in [5, 5.41) is 3.37.